The molecule has 1 saturated heterocycles. The summed E-state index contributed by atoms with van der Waals surface area (Å²) < 4.78 is 43.3. The van der Waals surface area contributed by atoms with E-state index in [1.54, 1.807) is 0 Å². The Kier molecular flexibility index (Phi) is 7.02. The van der Waals surface area contributed by atoms with Gasteiger partial charge in [-0.25, -0.2) is 4.79 Å². The summed E-state index contributed by atoms with van der Waals surface area (Å²) in [6, 6.07) is 17.7. The number of likely N-dealkylation sites (N-methyl/N-ethyl adjacent to an activating group) is 1. The highest BCUT2D eigenvalue weighted by Crippen LogP contribution is 2.27. The zero-order valence-electron chi connectivity index (χ0n) is 17.2. The molecule has 3 atom stereocenters. The minimum atomic E-state index is -4.58. The quantitative estimate of drug-likeness (QED) is 0.737. The van der Waals surface area contributed by atoms with E-state index in [9.17, 15) is 18.0 Å². The van der Waals surface area contributed by atoms with Crippen LogP contribution in [0.2, 0.25) is 0 Å². The third-order valence-electron chi connectivity index (χ3n) is 5.60. The summed E-state index contributed by atoms with van der Waals surface area (Å²) in [4.78, 5) is 14.0. The van der Waals surface area contributed by atoms with Crippen molar-refractivity contribution in [2.45, 2.75) is 50.6 Å². The average Bonchev–Trinajstić information content (AvgIpc) is 2.74. The Hall–Kier alpha value is -2.54. The van der Waals surface area contributed by atoms with Gasteiger partial charge in [-0.3, -0.25) is 0 Å². The highest BCUT2D eigenvalue weighted by molar-refractivity contribution is 5.69. The van der Waals surface area contributed by atoms with Crippen LogP contribution in [0.1, 0.15) is 25.3 Å². The summed E-state index contributed by atoms with van der Waals surface area (Å²) in [5.41, 5.74) is 3.17. The lowest BCUT2D eigenvalue weighted by Gasteiger charge is -2.41. The number of alkyl halides is 3. The van der Waals surface area contributed by atoms with Crippen molar-refractivity contribution < 1.29 is 22.7 Å². The molecule has 1 heterocycles. The molecule has 1 aliphatic heterocycles. The standard InChI is InChI=1S/C23H27F3N2O2/c1-16(23(24,25)26)30-22(29)28-13-7-12-20(27-2)21(28)15-17-8-6-11-19(14-17)18-9-4-3-5-10-18/h3-6,8-11,14,16,20-21,27H,7,12-13,15H2,1-2H3. The van der Waals surface area contributed by atoms with Crippen LogP contribution in [0.15, 0.2) is 54.6 Å². The van der Waals surface area contributed by atoms with E-state index >= 15 is 0 Å². The number of hydrogen-bond acceptors (Lipinski definition) is 3. The Balaban J connectivity index is 1.81. The maximum absolute atomic E-state index is 12.9. The molecule has 0 radical (unpaired) electrons. The third kappa shape index (κ3) is 5.33. The Bertz CT molecular complexity index is 842. The van der Waals surface area contributed by atoms with Crippen LogP contribution in [0.4, 0.5) is 18.0 Å². The summed E-state index contributed by atoms with van der Waals surface area (Å²) in [5.74, 6) is 0. The molecule has 1 aliphatic rings. The van der Waals surface area contributed by atoms with E-state index in [0.29, 0.717) is 19.4 Å². The van der Waals surface area contributed by atoms with E-state index in [4.69, 9.17) is 4.74 Å². The van der Waals surface area contributed by atoms with Gasteiger partial charge in [-0.05, 0) is 49.9 Å². The number of carbonyl (C=O) groups excluding carboxylic acids is 1. The Labute approximate surface area is 175 Å². The molecule has 1 N–H and O–H groups in total. The van der Waals surface area contributed by atoms with Gasteiger partial charge in [0.2, 0.25) is 0 Å². The average molecular weight is 420 g/mol. The summed E-state index contributed by atoms with van der Waals surface area (Å²) in [6.07, 6.45) is -5.54. The number of likely N-dealkylation sites (tertiary alicyclic amines) is 1. The van der Waals surface area contributed by atoms with Gasteiger partial charge in [0.25, 0.3) is 0 Å². The fourth-order valence-electron chi connectivity index (χ4n) is 3.91. The number of rotatable bonds is 5. The van der Waals surface area contributed by atoms with Crippen LogP contribution in [0.25, 0.3) is 11.1 Å². The van der Waals surface area contributed by atoms with Crippen molar-refractivity contribution in [3.63, 3.8) is 0 Å². The topological polar surface area (TPSA) is 41.6 Å². The molecular weight excluding hydrogens is 393 g/mol. The van der Waals surface area contributed by atoms with E-state index in [1.807, 2.05) is 55.6 Å². The zero-order valence-corrected chi connectivity index (χ0v) is 17.2. The second kappa shape index (κ2) is 9.51. The second-order valence-electron chi connectivity index (χ2n) is 7.64. The van der Waals surface area contributed by atoms with Crippen molar-refractivity contribution in [3.05, 3.63) is 60.2 Å². The van der Waals surface area contributed by atoms with Crippen molar-refractivity contribution in [1.82, 2.24) is 10.2 Å². The second-order valence-corrected chi connectivity index (χ2v) is 7.64. The van der Waals surface area contributed by atoms with Gasteiger partial charge in [0.05, 0.1) is 6.04 Å². The van der Waals surface area contributed by atoms with Crippen molar-refractivity contribution >= 4 is 6.09 Å². The van der Waals surface area contributed by atoms with Crippen LogP contribution in [0.3, 0.4) is 0 Å². The minimum absolute atomic E-state index is 0.0205. The number of halogens is 3. The van der Waals surface area contributed by atoms with E-state index in [2.05, 4.69) is 11.4 Å². The Morgan fingerprint density at radius 3 is 2.53 bits per heavy atom. The predicted molar refractivity (Wildman–Crippen MR) is 110 cm³/mol. The first kappa shape index (κ1) is 22.2. The minimum Gasteiger partial charge on any atom is -0.437 e. The van der Waals surface area contributed by atoms with Crippen molar-refractivity contribution in [3.8, 4) is 11.1 Å². The lowest BCUT2D eigenvalue weighted by molar-refractivity contribution is -0.200. The number of hydrogen-bond donors (Lipinski definition) is 1. The van der Waals surface area contributed by atoms with Crippen LogP contribution in [-0.4, -0.2) is 48.9 Å². The predicted octanol–water partition coefficient (Wildman–Crippen LogP) is 5.04. The number of nitrogens with one attached hydrogen (secondary N) is 1. The lowest BCUT2D eigenvalue weighted by Crippen LogP contribution is -2.57. The first-order valence-corrected chi connectivity index (χ1v) is 10.1. The van der Waals surface area contributed by atoms with Gasteiger partial charge in [-0.15, -0.1) is 0 Å². The van der Waals surface area contributed by atoms with Gasteiger partial charge in [-0.2, -0.15) is 13.2 Å². The van der Waals surface area contributed by atoms with Crippen LogP contribution >= 0.6 is 0 Å². The fraction of sp³-hybridized carbons (Fsp3) is 0.435. The highest BCUT2D eigenvalue weighted by Gasteiger charge is 2.42. The van der Waals surface area contributed by atoms with E-state index in [-0.39, 0.29) is 12.1 Å². The van der Waals surface area contributed by atoms with Crippen LogP contribution in [0, 0.1) is 0 Å². The SMILES string of the molecule is CNC1CCCN(C(=O)OC(C)C(F)(F)F)C1Cc1cccc(-c2ccccc2)c1. The fourth-order valence-corrected chi connectivity index (χ4v) is 3.91. The van der Waals surface area contributed by atoms with Crippen molar-refractivity contribution in [2.75, 3.05) is 13.6 Å². The Morgan fingerprint density at radius 2 is 1.87 bits per heavy atom. The molecule has 2 aromatic carbocycles. The molecule has 0 bridgehead atoms. The molecule has 1 fully saturated rings. The first-order chi connectivity index (χ1) is 14.3. The van der Waals surface area contributed by atoms with Gasteiger partial charge in [-0.1, -0.05) is 54.6 Å². The zero-order chi connectivity index (χ0) is 21.7. The van der Waals surface area contributed by atoms with Gasteiger partial charge < -0.3 is 15.0 Å². The highest BCUT2D eigenvalue weighted by atomic mass is 19.4. The van der Waals surface area contributed by atoms with E-state index in [1.165, 1.54) is 4.90 Å². The molecule has 2 aromatic rings. The summed E-state index contributed by atoms with van der Waals surface area (Å²) in [6.45, 7) is 1.24. The number of benzene rings is 2. The van der Waals surface area contributed by atoms with Crippen LogP contribution < -0.4 is 5.32 Å². The van der Waals surface area contributed by atoms with Gasteiger partial charge in [0.15, 0.2) is 6.10 Å². The molecule has 30 heavy (non-hydrogen) atoms. The number of amides is 1. The molecule has 1 amide bonds. The molecule has 0 aliphatic carbocycles. The number of piperidine rings is 1. The lowest BCUT2D eigenvalue weighted by atomic mass is 9.90. The first-order valence-electron chi connectivity index (χ1n) is 10.1. The molecule has 3 rings (SSSR count). The number of nitrogens with zero attached hydrogens (tertiary/aromatic N) is 1. The van der Waals surface area contributed by atoms with Crippen LogP contribution in [-0.2, 0) is 11.2 Å². The van der Waals surface area contributed by atoms with E-state index in [0.717, 1.165) is 30.0 Å². The normalized spacial score (nSPS) is 20.6. The molecule has 162 valence electrons. The summed E-state index contributed by atoms with van der Waals surface area (Å²) in [7, 11) is 1.81. The smallest absolute Gasteiger partial charge is 0.425 e. The monoisotopic (exact) mass is 420 g/mol. The summed E-state index contributed by atoms with van der Waals surface area (Å²) >= 11 is 0. The molecule has 3 unspecified atom stereocenters. The largest absolute Gasteiger partial charge is 0.437 e. The number of ether oxygens (including phenoxy) is 1. The van der Waals surface area contributed by atoms with Gasteiger partial charge >= 0.3 is 12.3 Å². The van der Waals surface area contributed by atoms with Gasteiger partial charge in [0, 0.05) is 12.6 Å². The molecule has 0 aromatic heterocycles. The molecule has 0 saturated carbocycles. The molecular formula is C23H27F3N2O2. The van der Waals surface area contributed by atoms with Crippen molar-refractivity contribution in [2.24, 2.45) is 0 Å². The summed E-state index contributed by atoms with van der Waals surface area (Å²) in [5, 5.41) is 3.22. The Morgan fingerprint density at radius 1 is 1.17 bits per heavy atom. The molecule has 0 spiro atoms. The number of carbonyl (C=O) groups is 1. The molecule has 7 heteroatoms. The third-order valence-corrected chi connectivity index (χ3v) is 5.60. The van der Waals surface area contributed by atoms with E-state index < -0.39 is 18.4 Å². The van der Waals surface area contributed by atoms with Crippen molar-refractivity contribution in [1.29, 1.82) is 0 Å². The maximum Gasteiger partial charge on any atom is 0.425 e. The van der Waals surface area contributed by atoms with Gasteiger partial charge in [0.1, 0.15) is 0 Å². The maximum atomic E-state index is 12.9. The molecule has 4 nitrogen and oxygen atoms in total. The van der Waals surface area contributed by atoms with Crippen LogP contribution in [0.5, 0.6) is 0 Å².